The van der Waals surface area contributed by atoms with Gasteiger partial charge in [-0.3, -0.25) is 0 Å². The highest BCUT2D eigenvalue weighted by atomic mass is 35.5. The number of hydrogen-bond donors (Lipinski definition) is 3. The smallest absolute Gasteiger partial charge is 0.150 e. The molecule has 4 atom stereocenters. The van der Waals surface area contributed by atoms with Gasteiger partial charge in [-0.15, -0.1) is 0 Å². The molecule has 7 nitrogen and oxygen atoms in total. The zero-order chi connectivity index (χ0) is 15.1. The van der Waals surface area contributed by atoms with E-state index in [0.717, 1.165) is 11.2 Å². The van der Waals surface area contributed by atoms with Crippen molar-refractivity contribution in [1.29, 1.82) is 0 Å². The van der Waals surface area contributed by atoms with Crippen molar-refractivity contribution in [2.24, 2.45) is 0 Å². The number of fused-ring (bicyclic) bond motifs is 1. The van der Waals surface area contributed by atoms with E-state index in [1.54, 1.807) is 10.6 Å². The van der Waals surface area contributed by atoms with Crippen molar-refractivity contribution in [2.75, 3.05) is 6.61 Å². The lowest BCUT2D eigenvalue weighted by atomic mass is 10.1. The van der Waals surface area contributed by atoms with Crippen LogP contribution in [0.15, 0.2) is 12.1 Å². The van der Waals surface area contributed by atoms with Crippen LogP contribution >= 0.6 is 11.6 Å². The first kappa shape index (κ1) is 14.7. The Morgan fingerprint density at radius 1 is 1.29 bits per heavy atom. The second-order valence-electron chi connectivity index (χ2n) is 5.15. The largest absolute Gasteiger partial charge is 0.394 e. The van der Waals surface area contributed by atoms with E-state index in [-0.39, 0.29) is 13.0 Å². The topological polar surface area (TPSA) is 100 Å². The Morgan fingerprint density at radius 3 is 2.67 bits per heavy atom. The van der Waals surface area contributed by atoms with E-state index in [1.165, 1.54) is 0 Å². The predicted octanol–water partition coefficient (Wildman–Crippen LogP) is -0.285. The van der Waals surface area contributed by atoms with Gasteiger partial charge in [0.1, 0.15) is 29.3 Å². The van der Waals surface area contributed by atoms with Crippen LogP contribution in [0.3, 0.4) is 0 Å². The monoisotopic (exact) mass is 313 g/mol. The molecule has 3 N–H and O–H groups in total. The van der Waals surface area contributed by atoms with E-state index >= 15 is 0 Å². The fourth-order valence-electron chi connectivity index (χ4n) is 2.63. The summed E-state index contributed by atoms with van der Waals surface area (Å²) >= 11 is 5.90. The van der Waals surface area contributed by atoms with Crippen LogP contribution in [0.1, 0.15) is 11.5 Å². The van der Waals surface area contributed by atoms with Gasteiger partial charge in [0, 0.05) is 6.42 Å². The van der Waals surface area contributed by atoms with Crippen LogP contribution in [0.5, 0.6) is 0 Å². The molecule has 1 aliphatic rings. The first-order valence-electron chi connectivity index (χ1n) is 6.64. The molecule has 3 heterocycles. The summed E-state index contributed by atoms with van der Waals surface area (Å²) in [7, 11) is 0. The van der Waals surface area contributed by atoms with Gasteiger partial charge in [0.15, 0.2) is 0 Å². The minimum atomic E-state index is -1.11. The van der Waals surface area contributed by atoms with Crippen molar-refractivity contribution in [3.05, 3.63) is 28.8 Å². The molecular formula is C13H16ClN3O4. The normalized spacial score (nSPS) is 29.4. The maximum absolute atomic E-state index is 9.98. The molecule has 114 valence electrons. The summed E-state index contributed by atoms with van der Waals surface area (Å²) in [4.78, 5) is 4.41. The van der Waals surface area contributed by atoms with Crippen LogP contribution in [0, 0.1) is 6.92 Å². The number of rotatable bonds is 3. The summed E-state index contributed by atoms with van der Waals surface area (Å²) < 4.78 is 7.07. The Hall–Kier alpha value is -1.25. The van der Waals surface area contributed by atoms with Gasteiger partial charge in [-0.2, -0.15) is 5.10 Å². The van der Waals surface area contributed by atoms with Crippen molar-refractivity contribution < 1.29 is 20.1 Å². The lowest BCUT2D eigenvalue weighted by Crippen LogP contribution is -2.34. The van der Waals surface area contributed by atoms with E-state index in [4.69, 9.17) is 21.4 Å². The maximum atomic E-state index is 9.98. The zero-order valence-electron chi connectivity index (χ0n) is 11.3. The molecule has 0 aliphatic carbocycles. The second kappa shape index (κ2) is 5.51. The van der Waals surface area contributed by atoms with Gasteiger partial charge in [-0.1, -0.05) is 11.6 Å². The molecule has 1 aliphatic heterocycles. The number of ether oxygens (including phenoxy) is 1. The van der Waals surface area contributed by atoms with Crippen LogP contribution in [-0.4, -0.2) is 60.9 Å². The van der Waals surface area contributed by atoms with E-state index in [2.05, 4.69) is 10.1 Å². The summed E-state index contributed by atoms with van der Waals surface area (Å²) in [5.41, 5.74) is 1.61. The average molecular weight is 314 g/mol. The molecule has 1 saturated heterocycles. The molecule has 0 saturated carbocycles. The molecule has 0 unspecified atom stereocenters. The summed E-state index contributed by atoms with van der Waals surface area (Å²) in [5.74, 6) is 0.583. The highest BCUT2D eigenvalue weighted by Crippen LogP contribution is 2.24. The average Bonchev–Trinajstić information content (AvgIpc) is 2.91. The Morgan fingerprint density at radius 2 is 2.00 bits per heavy atom. The zero-order valence-corrected chi connectivity index (χ0v) is 12.1. The molecule has 21 heavy (non-hydrogen) atoms. The molecule has 0 spiro atoms. The number of imidazole rings is 1. The van der Waals surface area contributed by atoms with Crippen LogP contribution < -0.4 is 0 Å². The third-order valence-corrected chi connectivity index (χ3v) is 3.94. The molecule has 0 bridgehead atoms. The van der Waals surface area contributed by atoms with Crippen molar-refractivity contribution in [3.8, 4) is 0 Å². The SMILES string of the molecule is Cc1nc(C[C@@H]2O[C@H](CO)[C@@H](O)[C@H]2O)n2nc(Cl)ccc12. The third kappa shape index (κ3) is 2.51. The lowest BCUT2D eigenvalue weighted by Gasteiger charge is -2.13. The van der Waals surface area contributed by atoms with E-state index in [9.17, 15) is 10.2 Å². The fourth-order valence-corrected chi connectivity index (χ4v) is 2.77. The molecular weight excluding hydrogens is 298 g/mol. The minimum Gasteiger partial charge on any atom is -0.394 e. The molecule has 1 fully saturated rings. The summed E-state index contributed by atoms with van der Waals surface area (Å²) in [6.07, 6.45) is -3.36. The summed E-state index contributed by atoms with van der Waals surface area (Å²) in [6.45, 7) is 1.51. The number of aliphatic hydroxyl groups excluding tert-OH is 3. The highest BCUT2D eigenvalue weighted by molar-refractivity contribution is 6.29. The van der Waals surface area contributed by atoms with Crippen LogP contribution in [0.25, 0.3) is 5.52 Å². The standard InChI is InChI=1S/C13H16ClN3O4/c1-6-7-2-3-10(14)16-17(7)11(15-6)4-8-12(19)13(20)9(5-18)21-8/h2-3,8-9,12-13,18-20H,4-5H2,1H3/t8-,9+,12-,13+/m0/s1. The van der Waals surface area contributed by atoms with Crippen molar-refractivity contribution in [2.45, 2.75) is 37.8 Å². The minimum absolute atomic E-state index is 0.261. The number of nitrogens with zero attached hydrogens (tertiary/aromatic N) is 3. The van der Waals surface area contributed by atoms with Gasteiger partial charge in [-0.25, -0.2) is 9.50 Å². The van der Waals surface area contributed by atoms with Crippen LogP contribution in [-0.2, 0) is 11.2 Å². The third-order valence-electron chi connectivity index (χ3n) is 3.74. The Balaban J connectivity index is 1.90. The number of aryl methyl sites for hydroxylation is 1. The van der Waals surface area contributed by atoms with Crippen molar-refractivity contribution in [1.82, 2.24) is 14.6 Å². The van der Waals surface area contributed by atoms with Gasteiger partial charge in [0.05, 0.1) is 23.9 Å². The first-order chi connectivity index (χ1) is 10.0. The Kier molecular flexibility index (Phi) is 3.85. The van der Waals surface area contributed by atoms with Crippen LogP contribution in [0.4, 0.5) is 0 Å². The Labute approximate surface area is 125 Å². The Bertz CT molecular complexity index is 662. The molecule has 2 aromatic rings. The number of aromatic nitrogens is 3. The first-order valence-corrected chi connectivity index (χ1v) is 7.02. The van der Waals surface area contributed by atoms with Gasteiger partial charge in [0.2, 0.25) is 0 Å². The van der Waals surface area contributed by atoms with Crippen molar-refractivity contribution in [3.63, 3.8) is 0 Å². The highest BCUT2D eigenvalue weighted by Gasteiger charge is 2.42. The molecule has 8 heteroatoms. The fraction of sp³-hybridized carbons (Fsp3) is 0.538. The molecule has 2 aromatic heterocycles. The number of aliphatic hydroxyl groups is 3. The van der Waals surface area contributed by atoms with E-state index in [0.29, 0.717) is 11.0 Å². The quantitative estimate of drug-likeness (QED) is 0.720. The van der Waals surface area contributed by atoms with Crippen molar-refractivity contribution >= 4 is 17.1 Å². The van der Waals surface area contributed by atoms with Crippen LogP contribution in [0.2, 0.25) is 5.15 Å². The molecule has 0 radical (unpaired) electrons. The number of halogens is 1. The second-order valence-corrected chi connectivity index (χ2v) is 5.53. The van der Waals surface area contributed by atoms with E-state index in [1.807, 2.05) is 13.0 Å². The summed E-state index contributed by atoms with van der Waals surface area (Å²) in [5, 5.41) is 33.4. The van der Waals surface area contributed by atoms with E-state index < -0.39 is 24.4 Å². The molecule has 0 aromatic carbocycles. The summed E-state index contributed by atoms with van der Waals surface area (Å²) in [6, 6.07) is 3.50. The number of hydrogen-bond acceptors (Lipinski definition) is 6. The maximum Gasteiger partial charge on any atom is 0.150 e. The molecule has 3 rings (SSSR count). The lowest BCUT2D eigenvalue weighted by molar-refractivity contribution is -0.0221. The van der Waals surface area contributed by atoms with Gasteiger partial charge in [-0.05, 0) is 19.1 Å². The van der Waals surface area contributed by atoms with Gasteiger partial charge >= 0.3 is 0 Å². The van der Waals surface area contributed by atoms with Gasteiger partial charge in [0.25, 0.3) is 0 Å². The molecule has 0 amide bonds. The predicted molar refractivity (Wildman–Crippen MR) is 74.2 cm³/mol. The van der Waals surface area contributed by atoms with Gasteiger partial charge < -0.3 is 20.1 Å².